The summed E-state index contributed by atoms with van der Waals surface area (Å²) in [5, 5.41) is 27.2. The molecule has 92 valence electrons. The lowest BCUT2D eigenvalue weighted by atomic mass is 10.0. The summed E-state index contributed by atoms with van der Waals surface area (Å²) in [7, 11) is 1.18. The molecule has 1 rings (SSSR count). The maximum Gasteiger partial charge on any atom is 0.339 e. The number of ether oxygens (including phenoxy) is 1. The third-order valence-electron chi connectivity index (χ3n) is 2.07. The van der Waals surface area contributed by atoms with Gasteiger partial charge in [0.2, 0.25) is 0 Å². The minimum Gasteiger partial charge on any atom is -0.479 e. The molecule has 7 heteroatoms. The first-order chi connectivity index (χ1) is 7.97. The Hall–Kier alpha value is -1.99. The van der Waals surface area contributed by atoms with Crippen molar-refractivity contribution < 1.29 is 29.6 Å². The van der Waals surface area contributed by atoms with E-state index in [1.54, 1.807) is 0 Å². The van der Waals surface area contributed by atoms with Gasteiger partial charge in [-0.15, -0.1) is 0 Å². The van der Waals surface area contributed by atoms with Gasteiger partial charge in [0.05, 0.1) is 12.7 Å². The Morgan fingerprint density at radius 3 is 2.53 bits per heavy atom. The molecule has 0 spiro atoms. The van der Waals surface area contributed by atoms with E-state index in [1.165, 1.54) is 19.4 Å². The summed E-state index contributed by atoms with van der Waals surface area (Å²) in [4.78, 5) is 25.3. The van der Waals surface area contributed by atoms with Gasteiger partial charge in [-0.2, -0.15) is 0 Å². The number of carbonyl (C=O) groups excluding carboxylic acids is 1. The molecule has 2 atom stereocenters. The molecule has 0 radical (unpaired) electrons. The molecule has 0 aliphatic rings. The highest BCUT2D eigenvalue weighted by Crippen LogP contribution is 2.17. The molecule has 0 saturated heterocycles. The van der Waals surface area contributed by atoms with Crippen LogP contribution in [0.1, 0.15) is 22.0 Å². The van der Waals surface area contributed by atoms with Crippen molar-refractivity contribution in [1.29, 1.82) is 0 Å². The maximum atomic E-state index is 11.2. The van der Waals surface area contributed by atoms with Gasteiger partial charge in [0.15, 0.2) is 6.10 Å². The van der Waals surface area contributed by atoms with Gasteiger partial charge in [-0.3, -0.25) is 4.98 Å². The second-order valence-corrected chi connectivity index (χ2v) is 3.23. The van der Waals surface area contributed by atoms with E-state index in [0.717, 1.165) is 6.20 Å². The minimum absolute atomic E-state index is 0.0165. The fourth-order valence-corrected chi connectivity index (χ4v) is 1.17. The van der Waals surface area contributed by atoms with E-state index >= 15 is 0 Å². The van der Waals surface area contributed by atoms with E-state index < -0.39 is 24.1 Å². The van der Waals surface area contributed by atoms with Crippen molar-refractivity contribution in [2.24, 2.45) is 0 Å². The number of carboxylic acids is 1. The van der Waals surface area contributed by atoms with Gasteiger partial charge in [0, 0.05) is 18.0 Å². The number of hydrogen-bond donors (Lipinski definition) is 3. The van der Waals surface area contributed by atoms with Crippen LogP contribution in [-0.2, 0) is 9.53 Å². The van der Waals surface area contributed by atoms with Crippen molar-refractivity contribution in [3.8, 4) is 0 Å². The number of pyridine rings is 1. The molecule has 7 nitrogen and oxygen atoms in total. The Bertz CT molecular complexity index is 433. The smallest absolute Gasteiger partial charge is 0.339 e. The molecule has 0 aliphatic heterocycles. The SMILES string of the molecule is COC(=O)c1cncc(C(O)C(O)C(=O)O)c1. The molecule has 1 heterocycles. The quantitative estimate of drug-likeness (QED) is 0.599. The summed E-state index contributed by atoms with van der Waals surface area (Å²) in [5.41, 5.74) is 0.0736. The van der Waals surface area contributed by atoms with E-state index in [2.05, 4.69) is 9.72 Å². The molecule has 0 saturated carbocycles. The number of rotatable bonds is 4. The van der Waals surface area contributed by atoms with Gasteiger partial charge < -0.3 is 20.1 Å². The summed E-state index contributed by atoms with van der Waals surface area (Å²) >= 11 is 0. The molecule has 0 aliphatic carbocycles. The fourth-order valence-electron chi connectivity index (χ4n) is 1.17. The van der Waals surface area contributed by atoms with Crippen molar-refractivity contribution in [1.82, 2.24) is 4.98 Å². The van der Waals surface area contributed by atoms with Crippen LogP contribution in [0.15, 0.2) is 18.5 Å². The monoisotopic (exact) mass is 241 g/mol. The number of aliphatic carboxylic acids is 1. The topological polar surface area (TPSA) is 117 Å². The van der Waals surface area contributed by atoms with Crippen LogP contribution in [0.3, 0.4) is 0 Å². The largest absolute Gasteiger partial charge is 0.479 e. The van der Waals surface area contributed by atoms with Crippen LogP contribution in [0.4, 0.5) is 0 Å². The molecule has 17 heavy (non-hydrogen) atoms. The van der Waals surface area contributed by atoms with E-state index in [0.29, 0.717) is 0 Å². The number of nitrogens with zero attached hydrogens (tertiary/aromatic N) is 1. The van der Waals surface area contributed by atoms with Crippen LogP contribution < -0.4 is 0 Å². The molecular formula is C10H11NO6. The van der Waals surface area contributed by atoms with Crippen LogP contribution in [0, 0.1) is 0 Å². The zero-order chi connectivity index (χ0) is 13.0. The Balaban J connectivity index is 2.99. The van der Waals surface area contributed by atoms with Gasteiger partial charge in [-0.1, -0.05) is 0 Å². The molecule has 0 fully saturated rings. The maximum absolute atomic E-state index is 11.2. The highest BCUT2D eigenvalue weighted by atomic mass is 16.5. The second kappa shape index (κ2) is 5.37. The normalized spacial score (nSPS) is 13.8. The molecular weight excluding hydrogens is 230 g/mol. The first kappa shape index (κ1) is 13.1. The van der Waals surface area contributed by atoms with Crippen LogP contribution in [-0.4, -0.2) is 45.5 Å². The van der Waals surface area contributed by atoms with Crippen molar-refractivity contribution in [2.45, 2.75) is 12.2 Å². The van der Waals surface area contributed by atoms with Gasteiger partial charge in [0.25, 0.3) is 0 Å². The Morgan fingerprint density at radius 2 is 2.00 bits per heavy atom. The number of aliphatic hydroxyl groups excluding tert-OH is 2. The van der Waals surface area contributed by atoms with Crippen molar-refractivity contribution in [3.63, 3.8) is 0 Å². The summed E-state index contributed by atoms with van der Waals surface area (Å²) in [6.45, 7) is 0. The predicted octanol–water partition coefficient (Wildman–Crippen LogP) is -0.653. The summed E-state index contributed by atoms with van der Waals surface area (Å²) in [6, 6.07) is 1.20. The predicted molar refractivity (Wildman–Crippen MR) is 54.2 cm³/mol. The number of hydrogen-bond acceptors (Lipinski definition) is 6. The van der Waals surface area contributed by atoms with Gasteiger partial charge in [-0.25, -0.2) is 9.59 Å². The van der Waals surface area contributed by atoms with E-state index in [1.807, 2.05) is 0 Å². The first-order valence-corrected chi connectivity index (χ1v) is 4.59. The fraction of sp³-hybridized carbons (Fsp3) is 0.300. The third-order valence-corrected chi connectivity index (χ3v) is 2.07. The zero-order valence-electron chi connectivity index (χ0n) is 8.90. The van der Waals surface area contributed by atoms with Crippen LogP contribution in [0.5, 0.6) is 0 Å². The molecule has 2 unspecified atom stereocenters. The molecule has 0 bridgehead atoms. The average molecular weight is 241 g/mol. The lowest BCUT2D eigenvalue weighted by Crippen LogP contribution is -2.27. The van der Waals surface area contributed by atoms with Crippen molar-refractivity contribution >= 4 is 11.9 Å². The average Bonchev–Trinajstić information content (AvgIpc) is 2.36. The van der Waals surface area contributed by atoms with Crippen LogP contribution in [0.2, 0.25) is 0 Å². The lowest BCUT2D eigenvalue weighted by Gasteiger charge is -2.14. The van der Waals surface area contributed by atoms with E-state index in [-0.39, 0.29) is 11.1 Å². The van der Waals surface area contributed by atoms with Gasteiger partial charge in [-0.05, 0) is 6.07 Å². The summed E-state index contributed by atoms with van der Waals surface area (Å²) < 4.78 is 4.44. The van der Waals surface area contributed by atoms with Crippen molar-refractivity contribution in [2.75, 3.05) is 7.11 Å². The van der Waals surface area contributed by atoms with Crippen LogP contribution in [0.25, 0.3) is 0 Å². The third kappa shape index (κ3) is 2.99. The number of esters is 1. The highest BCUT2D eigenvalue weighted by Gasteiger charge is 2.26. The number of carboxylic acid groups (broad SMARTS) is 1. The molecule has 1 aromatic rings. The Labute approximate surface area is 96.3 Å². The van der Waals surface area contributed by atoms with E-state index in [9.17, 15) is 14.7 Å². The Kier molecular flexibility index (Phi) is 4.13. The summed E-state index contributed by atoms with van der Waals surface area (Å²) in [5.74, 6) is -2.24. The van der Waals surface area contributed by atoms with Gasteiger partial charge >= 0.3 is 11.9 Å². The number of aliphatic hydroxyl groups is 2. The minimum atomic E-state index is -1.98. The Morgan fingerprint density at radius 1 is 1.35 bits per heavy atom. The van der Waals surface area contributed by atoms with Crippen molar-refractivity contribution in [3.05, 3.63) is 29.6 Å². The first-order valence-electron chi connectivity index (χ1n) is 4.59. The lowest BCUT2D eigenvalue weighted by molar-refractivity contribution is -0.153. The number of aromatic nitrogens is 1. The second-order valence-electron chi connectivity index (χ2n) is 3.23. The number of methoxy groups -OCH3 is 1. The molecule has 0 amide bonds. The number of carbonyl (C=O) groups is 2. The molecule has 3 N–H and O–H groups in total. The van der Waals surface area contributed by atoms with E-state index in [4.69, 9.17) is 10.2 Å². The highest BCUT2D eigenvalue weighted by molar-refractivity contribution is 5.89. The molecule has 0 aromatic carbocycles. The molecule has 1 aromatic heterocycles. The zero-order valence-corrected chi connectivity index (χ0v) is 8.90. The van der Waals surface area contributed by atoms with Crippen LogP contribution >= 0.6 is 0 Å². The van der Waals surface area contributed by atoms with Gasteiger partial charge in [0.1, 0.15) is 6.10 Å². The summed E-state index contributed by atoms with van der Waals surface area (Å²) in [6.07, 6.45) is -1.28. The standard InChI is InChI=1S/C10H11NO6/c1-17-10(16)6-2-5(3-11-4-6)7(12)8(13)9(14)15/h2-4,7-8,12-13H,1H3,(H,14,15).